The van der Waals surface area contributed by atoms with Crippen LogP contribution < -0.4 is 15.4 Å². The molecule has 1 unspecified atom stereocenters. The predicted molar refractivity (Wildman–Crippen MR) is 130 cm³/mol. The highest BCUT2D eigenvalue weighted by Gasteiger charge is 2.38. The SMILES string of the molecule is CCC(C)(CNC(=O)c1c2nc(C)cc(OCc3c(F)ccc(F)c3F)c2nn1C)NC(=O)O.O=C(O)C(F)(F)F. The van der Waals surface area contributed by atoms with Crippen molar-refractivity contribution in [3.8, 4) is 5.75 Å². The number of ether oxygens (including phenoxy) is 1. The third-order valence-corrected chi connectivity index (χ3v) is 5.68. The van der Waals surface area contributed by atoms with Crippen LogP contribution in [-0.2, 0) is 18.4 Å². The van der Waals surface area contributed by atoms with E-state index in [1.807, 2.05) is 0 Å². The standard InChI is InChI=1S/C22H24F3N5O4.C2HF3O2/c1-5-22(3,28-21(32)33)10-26-20(31)19-18-17(29-30(19)4)15(8-11(2)27-18)34-9-12-13(23)6-7-14(24)16(12)25;3-2(4,5)1(6)7/h6-8,28H,5,9-10H2,1-4H3,(H,26,31)(H,32,33);(H,6,7). The summed E-state index contributed by atoms with van der Waals surface area (Å²) in [4.78, 5) is 37.2. The molecule has 224 valence electrons. The van der Waals surface area contributed by atoms with Crippen molar-refractivity contribution >= 4 is 29.0 Å². The lowest BCUT2D eigenvalue weighted by atomic mass is 9.99. The van der Waals surface area contributed by atoms with Crippen molar-refractivity contribution < 1.29 is 55.7 Å². The van der Waals surface area contributed by atoms with E-state index in [2.05, 4.69) is 20.7 Å². The van der Waals surface area contributed by atoms with Crippen LogP contribution in [0.1, 0.15) is 42.0 Å². The number of aliphatic carboxylic acids is 1. The number of hydrogen-bond donors (Lipinski definition) is 4. The van der Waals surface area contributed by atoms with E-state index in [4.69, 9.17) is 19.7 Å². The van der Waals surface area contributed by atoms with Crippen LogP contribution in [0, 0.1) is 24.4 Å². The van der Waals surface area contributed by atoms with Gasteiger partial charge >= 0.3 is 18.2 Å². The molecule has 17 heteroatoms. The summed E-state index contributed by atoms with van der Waals surface area (Å²) < 4.78 is 80.0. The number of alkyl halides is 3. The van der Waals surface area contributed by atoms with Crippen molar-refractivity contribution in [3.63, 3.8) is 0 Å². The number of carbonyl (C=O) groups excluding carboxylic acids is 1. The van der Waals surface area contributed by atoms with Gasteiger partial charge in [-0.1, -0.05) is 6.92 Å². The lowest BCUT2D eigenvalue weighted by Gasteiger charge is -2.28. The molecule has 2 aromatic heterocycles. The molecule has 0 saturated heterocycles. The van der Waals surface area contributed by atoms with E-state index in [-0.39, 0.29) is 29.0 Å². The number of fused-ring (bicyclic) bond motifs is 1. The van der Waals surface area contributed by atoms with Crippen LogP contribution >= 0.6 is 0 Å². The van der Waals surface area contributed by atoms with Gasteiger partial charge in [0, 0.05) is 25.4 Å². The molecule has 1 aromatic carbocycles. The molecule has 0 aliphatic rings. The molecular formula is C24H25F6N5O6. The second-order valence-corrected chi connectivity index (χ2v) is 8.87. The van der Waals surface area contributed by atoms with E-state index >= 15 is 0 Å². The fraction of sp³-hybridized carbons (Fsp3) is 0.375. The highest BCUT2D eigenvalue weighted by Crippen LogP contribution is 2.28. The average molecular weight is 593 g/mol. The Balaban J connectivity index is 0.000000745. The molecule has 3 rings (SSSR count). The second-order valence-electron chi connectivity index (χ2n) is 8.87. The molecule has 0 saturated carbocycles. The number of aromatic nitrogens is 3. The quantitative estimate of drug-likeness (QED) is 0.225. The molecule has 41 heavy (non-hydrogen) atoms. The number of amides is 2. The summed E-state index contributed by atoms with van der Waals surface area (Å²) in [5, 5.41) is 25.5. The smallest absolute Gasteiger partial charge is 0.486 e. The minimum atomic E-state index is -5.08. The summed E-state index contributed by atoms with van der Waals surface area (Å²) >= 11 is 0. The summed E-state index contributed by atoms with van der Waals surface area (Å²) in [6.07, 6.45) is -5.87. The van der Waals surface area contributed by atoms with E-state index in [0.29, 0.717) is 18.2 Å². The van der Waals surface area contributed by atoms with Crippen LogP contribution in [0.15, 0.2) is 18.2 Å². The van der Waals surface area contributed by atoms with E-state index in [1.165, 1.54) is 17.8 Å². The molecule has 11 nitrogen and oxygen atoms in total. The molecule has 2 heterocycles. The largest absolute Gasteiger partial charge is 0.490 e. The number of carboxylic acids is 1. The highest BCUT2D eigenvalue weighted by molar-refractivity contribution is 6.04. The van der Waals surface area contributed by atoms with Gasteiger partial charge in [-0.25, -0.2) is 27.7 Å². The van der Waals surface area contributed by atoms with Gasteiger partial charge < -0.3 is 25.6 Å². The van der Waals surface area contributed by atoms with Crippen LogP contribution in [0.4, 0.5) is 31.1 Å². The molecule has 0 aliphatic heterocycles. The summed E-state index contributed by atoms with van der Waals surface area (Å²) in [6, 6.07) is 2.97. The molecule has 0 aliphatic carbocycles. The zero-order valence-corrected chi connectivity index (χ0v) is 22.0. The molecular weight excluding hydrogens is 568 g/mol. The van der Waals surface area contributed by atoms with Gasteiger partial charge in [0.2, 0.25) is 0 Å². The fourth-order valence-corrected chi connectivity index (χ4v) is 3.34. The van der Waals surface area contributed by atoms with Gasteiger partial charge in [0.1, 0.15) is 17.9 Å². The average Bonchev–Trinajstić information content (AvgIpc) is 3.20. The Morgan fingerprint density at radius 3 is 2.20 bits per heavy atom. The Kier molecular flexibility index (Phi) is 10.1. The van der Waals surface area contributed by atoms with Crippen LogP contribution in [0.3, 0.4) is 0 Å². The Morgan fingerprint density at radius 2 is 1.66 bits per heavy atom. The topological polar surface area (TPSA) is 156 Å². The van der Waals surface area contributed by atoms with Crippen LogP contribution in [0.5, 0.6) is 5.75 Å². The molecule has 0 spiro atoms. The van der Waals surface area contributed by atoms with Crippen molar-refractivity contribution in [1.82, 2.24) is 25.4 Å². The maximum Gasteiger partial charge on any atom is 0.490 e. The first-order valence-corrected chi connectivity index (χ1v) is 11.6. The number of hydrogen-bond acceptors (Lipinski definition) is 6. The zero-order valence-electron chi connectivity index (χ0n) is 22.0. The van der Waals surface area contributed by atoms with Gasteiger partial charge in [-0.3, -0.25) is 9.48 Å². The highest BCUT2D eigenvalue weighted by atomic mass is 19.4. The Morgan fingerprint density at radius 1 is 1.07 bits per heavy atom. The van der Waals surface area contributed by atoms with Crippen molar-refractivity contribution in [1.29, 1.82) is 0 Å². The first-order chi connectivity index (χ1) is 18.9. The van der Waals surface area contributed by atoms with Gasteiger partial charge in [0.15, 0.2) is 28.6 Å². The minimum Gasteiger partial charge on any atom is -0.486 e. The number of halogens is 6. The number of pyridine rings is 1. The van der Waals surface area contributed by atoms with Gasteiger partial charge in [0.05, 0.1) is 11.1 Å². The molecule has 0 fully saturated rings. The molecule has 0 radical (unpaired) electrons. The second kappa shape index (κ2) is 12.7. The number of carbonyl (C=O) groups is 3. The zero-order chi connectivity index (χ0) is 31.3. The van der Waals surface area contributed by atoms with Crippen molar-refractivity contribution in [2.45, 2.75) is 45.5 Å². The van der Waals surface area contributed by atoms with E-state index in [0.717, 1.165) is 6.07 Å². The van der Waals surface area contributed by atoms with Gasteiger partial charge in [-0.05, 0) is 32.4 Å². The van der Waals surface area contributed by atoms with Crippen LogP contribution in [0.2, 0.25) is 0 Å². The predicted octanol–water partition coefficient (Wildman–Crippen LogP) is 4.07. The summed E-state index contributed by atoms with van der Waals surface area (Å²) in [5.41, 5.74) is -0.610. The summed E-state index contributed by atoms with van der Waals surface area (Å²) in [6.45, 7) is 4.47. The number of benzene rings is 1. The van der Waals surface area contributed by atoms with Crippen LogP contribution in [-0.4, -0.2) is 61.2 Å². The normalized spacial score (nSPS) is 12.6. The third kappa shape index (κ3) is 8.21. The summed E-state index contributed by atoms with van der Waals surface area (Å²) in [7, 11) is 1.51. The van der Waals surface area contributed by atoms with Gasteiger partial charge in [0.25, 0.3) is 5.91 Å². The number of nitrogens with one attached hydrogen (secondary N) is 2. The molecule has 3 aromatic rings. The van der Waals surface area contributed by atoms with Crippen molar-refractivity contribution in [2.75, 3.05) is 6.54 Å². The lowest BCUT2D eigenvalue weighted by molar-refractivity contribution is -0.192. The Labute approximate surface area is 228 Å². The molecule has 1 atom stereocenters. The Hall–Kier alpha value is -4.57. The third-order valence-electron chi connectivity index (χ3n) is 5.68. The maximum absolute atomic E-state index is 14.0. The fourth-order valence-electron chi connectivity index (χ4n) is 3.34. The van der Waals surface area contributed by atoms with E-state index in [9.17, 15) is 35.9 Å². The van der Waals surface area contributed by atoms with Gasteiger partial charge in [-0.15, -0.1) is 0 Å². The van der Waals surface area contributed by atoms with E-state index in [1.54, 1.807) is 20.8 Å². The number of nitrogens with zero attached hydrogens (tertiary/aromatic N) is 3. The number of aryl methyl sites for hydroxylation is 2. The van der Waals surface area contributed by atoms with Crippen molar-refractivity contribution in [3.05, 3.63) is 52.6 Å². The minimum absolute atomic E-state index is 0.00854. The lowest BCUT2D eigenvalue weighted by Crippen LogP contribution is -2.53. The monoisotopic (exact) mass is 593 g/mol. The molecule has 4 N–H and O–H groups in total. The Bertz CT molecular complexity index is 1460. The van der Waals surface area contributed by atoms with Gasteiger partial charge in [-0.2, -0.15) is 18.3 Å². The first kappa shape index (κ1) is 32.6. The number of rotatable bonds is 8. The van der Waals surface area contributed by atoms with Crippen molar-refractivity contribution in [2.24, 2.45) is 7.05 Å². The summed E-state index contributed by atoms with van der Waals surface area (Å²) in [5.74, 6) is -6.72. The molecule has 2 amide bonds. The maximum atomic E-state index is 14.0. The number of carboxylic acid groups (broad SMARTS) is 2. The molecule has 0 bridgehead atoms. The first-order valence-electron chi connectivity index (χ1n) is 11.6. The van der Waals surface area contributed by atoms with E-state index < -0.39 is 59.3 Å². The van der Waals surface area contributed by atoms with Crippen LogP contribution in [0.25, 0.3) is 11.0 Å².